The first-order valence-electron chi connectivity index (χ1n) is 7.42. The van der Waals surface area contributed by atoms with Gasteiger partial charge in [-0.05, 0) is 18.2 Å². The molecule has 0 radical (unpaired) electrons. The molecule has 3 heterocycles. The summed E-state index contributed by atoms with van der Waals surface area (Å²) in [5, 5.41) is 4.36. The molecule has 4 rings (SSSR count). The zero-order chi connectivity index (χ0) is 18.3. The number of alkyl halides is 3. The highest BCUT2D eigenvalue weighted by atomic mass is 35.5. The molecule has 0 saturated heterocycles. The molecule has 0 aliphatic heterocycles. The number of hydrogen-bond acceptors (Lipinski definition) is 4. The number of hydrogen-bond donors (Lipinski definition) is 0. The first-order chi connectivity index (χ1) is 12.4. The summed E-state index contributed by atoms with van der Waals surface area (Å²) in [6, 6.07) is 8.90. The van der Waals surface area contributed by atoms with Crippen LogP contribution in [0.15, 0.2) is 55.1 Å². The van der Waals surface area contributed by atoms with Crippen LogP contribution in [0.4, 0.5) is 13.2 Å². The number of imidazole rings is 1. The molecule has 0 amide bonds. The van der Waals surface area contributed by atoms with Crippen molar-refractivity contribution >= 4 is 17.4 Å². The predicted molar refractivity (Wildman–Crippen MR) is 89.5 cm³/mol. The molecule has 0 aliphatic rings. The lowest BCUT2D eigenvalue weighted by Gasteiger charge is -2.08. The van der Waals surface area contributed by atoms with Crippen molar-refractivity contribution in [2.24, 2.45) is 0 Å². The second-order valence-corrected chi connectivity index (χ2v) is 5.84. The zero-order valence-corrected chi connectivity index (χ0v) is 13.7. The monoisotopic (exact) mass is 375 g/mol. The molecule has 0 atom stereocenters. The number of fused-ring (bicyclic) bond motifs is 1. The fourth-order valence-electron chi connectivity index (χ4n) is 2.54. The summed E-state index contributed by atoms with van der Waals surface area (Å²) >= 11 is 6.28. The summed E-state index contributed by atoms with van der Waals surface area (Å²) < 4.78 is 39.6. The van der Waals surface area contributed by atoms with Gasteiger partial charge in [0.2, 0.25) is 0 Å². The van der Waals surface area contributed by atoms with Crippen LogP contribution < -0.4 is 0 Å². The van der Waals surface area contributed by atoms with Crippen LogP contribution in [0, 0.1) is 0 Å². The van der Waals surface area contributed by atoms with Crippen LogP contribution in [-0.2, 0) is 6.18 Å². The van der Waals surface area contributed by atoms with Crippen LogP contribution in [-0.4, -0.2) is 24.6 Å². The summed E-state index contributed by atoms with van der Waals surface area (Å²) in [6.07, 6.45) is 0.852. The van der Waals surface area contributed by atoms with Crippen LogP contribution in [0.5, 0.6) is 0 Å². The van der Waals surface area contributed by atoms with Crippen molar-refractivity contribution in [1.29, 1.82) is 0 Å². The van der Waals surface area contributed by atoms with Gasteiger partial charge in [0.25, 0.3) is 5.78 Å². The number of halogens is 4. The third kappa shape index (κ3) is 2.88. The molecule has 26 heavy (non-hydrogen) atoms. The molecule has 0 aliphatic carbocycles. The summed E-state index contributed by atoms with van der Waals surface area (Å²) in [5.74, 6) is -0.132. The van der Waals surface area contributed by atoms with Crippen LogP contribution in [0.1, 0.15) is 5.69 Å². The average Bonchev–Trinajstić information content (AvgIpc) is 3.05. The highest BCUT2D eigenvalue weighted by Gasteiger charge is 2.33. The molecule has 0 unspecified atom stereocenters. The quantitative estimate of drug-likeness (QED) is 0.516. The maximum Gasteiger partial charge on any atom is 0.435 e. The third-order valence-corrected chi connectivity index (χ3v) is 4.09. The zero-order valence-electron chi connectivity index (χ0n) is 12.9. The minimum absolute atomic E-state index is 0.132. The predicted octanol–water partition coefficient (Wildman–Crippen LogP) is 4.53. The van der Waals surface area contributed by atoms with E-state index in [0.29, 0.717) is 22.5 Å². The van der Waals surface area contributed by atoms with Crippen LogP contribution >= 0.6 is 11.6 Å². The first-order valence-corrected chi connectivity index (χ1v) is 7.79. The van der Waals surface area contributed by atoms with Gasteiger partial charge in [-0.3, -0.25) is 4.98 Å². The lowest BCUT2D eigenvalue weighted by molar-refractivity contribution is -0.141. The Bertz CT molecular complexity index is 1090. The van der Waals surface area contributed by atoms with Gasteiger partial charge in [-0.25, -0.2) is 9.97 Å². The van der Waals surface area contributed by atoms with Gasteiger partial charge in [-0.15, -0.1) is 0 Å². The fourth-order valence-corrected chi connectivity index (χ4v) is 2.76. The van der Waals surface area contributed by atoms with Gasteiger partial charge < -0.3 is 0 Å². The molecule has 9 heteroatoms. The van der Waals surface area contributed by atoms with Gasteiger partial charge in [0.05, 0.1) is 18.1 Å². The molecule has 4 aromatic rings. The van der Waals surface area contributed by atoms with Crippen LogP contribution in [0.25, 0.3) is 28.2 Å². The minimum Gasteiger partial charge on any atom is -0.264 e. The summed E-state index contributed by atoms with van der Waals surface area (Å²) in [4.78, 5) is 11.5. The minimum atomic E-state index is -4.57. The molecule has 5 nitrogen and oxygen atoms in total. The van der Waals surface area contributed by atoms with Crippen molar-refractivity contribution in [3.63, 3.8) is 0 Å². The molecule has 0 fully saturated rings. The maximum atomic E-state index is 12.8. The number of nitrogens with zero attached hydrogens (tertiary/aromatic N) is 5. The number of rotatable bonds is 2. The summed E-state index contributed by atoms with van der Waals surface area (Å²) in [5.41, 5.74) is 1.66. The van der Waals surface area contributed by atoms with E-state index in [2.05, 4.69) is 20.1 Å². The van der Waals surface area contributed by atoms with Crippen molar-refractivity contribution in [3.8, 4) is 22.4 Å². The van der Waals surface area contributed by atoms with E-state index >= 15 is 0 Å². The second kappa shape index (κ2) is 6.06. The van der Waals surface area contributed by atoms with Gasteiger partial charge >= 0.3 is 6.18 Å². The van der Waals surface area contributed by atoms with Crippen molar-refractivity contribution in [2.45, 2.75) is 6.18 Å². The van der Waals surface area contributed by atoms with Crippen LogP contribution in [0.2, 0.25) is 5.02 Å². The summed E-state index contributed by atoms with van der Waals surface area (Å²) in [6.45, 7) is 0. The Morgan fingerprint density at radius 1 is 1.00 bits per heavy atom. The van der Waals surface area contributed by atoms with Crippen molar-refractivity contribution < 1.29 is 13.2 Å². The van der Waals surface area contributed by atoms with E-state index in [1.54, 1.807) is 30.6 Å². The maximum absolute atomic E-state index is 12.8. The average molecular weight is 376 g/mol. The molecular weight excluding hydrogens is 367 g/mol. The Morgan fingerprint density at radius 3 is 2.58 bits per heavy atom. The normalized spacial score (nSPS) is 11.8. The molecule has 3 aromatic heterocycles. The van der Waals surface area contributed by atoms with Crippen molar-refractivity contribution in [3.05, 3.63) is 65.8 Å². The highest BCUT2D eigenvalue weighted by Crippen LogP contribution is 2.32. The summed E-state index contributed by atoms with van der Waals surface area (Å²) in [7, 11) is 0. The highest BCUT2D eigenvalue weighted by molar-refractivity contribution is 6.33. The Labute approximate surface area is 150 Å². The van der Waals surface area contributed by atoms with E-state index in [4.69, 9.17) is 11.6 Å². The Kier molecular flexibility index (Phi) is 3.84. The fraction of sp³-hybridized carbons (Fsp3) is 0.0588. The molecule has 1 aromatic carbocycles. The largest absolute Gasteiger partial charge is 0.435 e. The molecular formula is C17H9ClF3N5. The lowest BCUT2D eigenvalue weighted by Crippen LogP contribution is -2.11. The van der Waals surface area contributed by atoms with Gasteiger partial charge in [-0.2, -0.15) is 22.8 Å². The molecule has 0 bridgehead atoms. The SMILES string of the molecule is FC(F)(F)c1cnn2c(-c3ccc(Cl)c(-c4cccnc4)c3)cnc2n1. The molecule has 0 N–H and O–H groups in total. The van der Waals surface area contributed by atoms with Gasteiger partial charge in [0.15, 0.2) is 5.69 Å². The number of benzene rings is 1. The molecule has 0 spiro atoms. The van der Waals surface area contributed by atoms with E-state index in [0.717, 1.165) is 11.1 Å². The lowest BCUT2D eigenvalue weighted by atomic mass is 10.0. The Balaban J connectivity index is 1.84. The Morgan fingerprint density at radius 2 is 1.85 bits per heavy atom. The van der Waals surface area contributed by atoms with E-state index in [1.807, 2.05) is 12.1 Å². The number of aromatic nitrogens is 5. The Hall–Kier alpha value is -3.00. The first kappa shape index (κ1) is 16.5. The number of pyridine rings is 1. The van der Waals surface area contributed by atoms with E-state index in [9.17, 15) is 13.2 Å². The van der Waals surface area contributed by atoms with E-state index in [-0.39, 0.29) is 5.78 Å². The smallest absolute Gasteiger partial charge is 0.264 e. The van der Waals surface area contributed by atoms with Gasteiger partial charge in [0.1, 0.15) is 0 Å². The molecule has 130 valence electrons. The van der Waals surface area contributed by atoms with Gasteiger partial charge in [0, 0.05) is 34.1 Å². The van der Waals surface area contributed by atoms with Crippen molar-refractivity contribution in [1.82, 2.24) is 24.6 Å². The molecule has 0 saturated carbocycles. The third-order valence-electron chi connectivity index (χ3n) is 3.76. The van der Waals surface area contributed by atoms with E-state index in [1.165, 1.54) is 10.7 Å². The second-order valence-electron chi connectivity index (χ2n) is 5.43. The van der Waals surface area contributed by atoms with E-state index < -0.39 is 11.9 Å². The standard InChI is InChI=1S/C17H9ClF3N5/c18-13-4-3-10(6-12(13)11-2-1-5-22-7-11)14-8-23-16-25-15(17(19,20)21)9-24-26(14)16/h1-9H. The topological polar surface area (TPSA) is 56.0 Å². The van der Waals surface area contributed by atoms with Gasteiger partial charge in [-0.1, -0.05) is 23.7 Å². The van der Waals surface area contributed by atoms with Crippen molar-refractivity contribution in [2.75, 3.05) is 0 Å². The van der Waals surface area contributed by atoms with Crippen LogP contribution in [0.3, 0.4) is 0 Å².